The van der Waals surface area contributed by atoms with E-state index in [2.05, 4.69) is 15.2 Å². The Morgan fingerprint density at radius 1 is 1.42 bits per heavy atom. The molecular weight excluding hydrogens is 306 g/mol. The Kier molecular flexibility index (Phi) is 4.32. The zero-order valence-corrected chi connectivity index (χ0v) is 13.5. The molecule has 24 heavy (non-hydrogen) atoms. The molecule has 2 aromatic rings. The van der Waals surface area contributed by atoms with Crippen molar-refractivity contribution < 1.29 is 13.9 Å². The van der Waals surface area contributed by atoms with Gasteiger partial charge in [-0.05, 0) is 41.7 Å². The van der Waals surface area contributed by atoms with Gasteiger partial charge in [0.15, 0.2) is 5.76 Å². The van der Waals surface area contributed by atoms with Gasteiger partial charge in [0, 0.05) is 44.7 Å². The molecule has 0 spiro atoms. The Morgan fingerprint density at radius 2 is 2.38 bits per heavy atom. The van der Waals surface area contributed by atoms with E-state index < -0.39 is 0 Å². The van der Waals surface area contributed by atoms with Gasteiger partial charge in [-0.1, -0.05) is 0 Å². The minimum Gasteiger partial charge on any atom is -0.459 e. The first-order chi connectivity index (χ1) is 11.8. The van der Waals surface area contributed by atoms with Gasteiger partial charge in [0.05, 0.1) is 12.9 Å². The molecule has 126 valence electrons. The second-order valence-electron chi connectivity index (χ2n) is 6.33. The van der Waals surface area contributed by atoms with E-state index in [4.69, 9.17) is 9.15 Å². The van der Waals surface area contributed by atoms with Gasteiger partial charge in [-0.2, -0.15) is 0 Å². The Balaban J connectivity index is 1.44. The SMILES string of the molecule is O=C(NCc1cncc2c1CCN([C@H]1CCOC1)C2)c1ccco1. The second kappa shape index (κ2) is 6.75. The van der Waals surface area contributed by atoms with E-state index in [1.165, 1.54) is 17.4 Å². The first-order valence-electron chi connectivity index (χ1n) is 8.39. The standard InChI is InChI=1S/C18H21N3O3/c22-18(17-2-1-6-24-17)20-10-13-8-19-9-14-11-21(5-3-16(13)14)15-4-7-23-12-15/h1-2,6,8-9,15H,3-5,7,10-12H2,(H,20,22)/t15-/m0/s1. The summed E-state index contributed by atoms with van der Waals surface area (Å²) >= 11 is 0. The Labute approximate surface area is 140 Å². The van der Waals surface area contributed by atoms with Crippen molar-refractivity contribution in [3.05, 3.63) is 53.2 Å². The summed E-state index contributed by atoms with van der Waals surface area (Å²) in [5, 5.41) is 2.91. The van der Waals surface area contributed by atoms with E-state index in [9.17, 15) is 4.79 Å². The fraction of sp³-hybridized carbons (Fsp3) is 0.444. The lowest BCUT2D eigenvalue weighted by Gasteiger charge is -2.33. The number of aromatic nitrogens is 1. The fourth-order valence-electron chi connectivity index (χ4n) is 3.53. The van der Waals surface area contributed by atoms with Crippen molar-refractivity contribution in [2.45, 2.75) is 32.0 Å². The Bertz CT molecular complexity index is 708. The number of hydrogen-bond acceptors (Lipinski definition) is 5. The monoisotopic (exact) mass is 327 g/mol. The highest BCUT2D eigenvalue weighted by Crippen LogP contribution is 2.25. The quantitative estimate of drug-likeness (QED) is 0.927. The third-order valence-corrected chi connectivity index (χ3v) is 4.86. The van der Waals surface area contributed by atoms with Crippen molar-refractivity contribution in [3.8, 4) is 0 Å². The molecule has 0 unspecified atom stereocenters. The van der Waals surface area contributed by atoms with Gasteiger partial charge >= 0.3 is 0 Å². The van der Waals surface area contributed by atoms with Crippen LogP contribution in [-0.4, -0.2) is 41.6 Å². The van der Waals surface area contributed by atoms with Crippen molar-refractivity contribution in [2.75, 3.05) is 19.8 Å². The molecule has 0 bridgehead atoms. The van der Waals surface area contributed by atoms with Gasteiger partial charge in [0.1, 0.15) is 0 Å². The van der Waals surface area contributed by atoms with Crippen LogP contribution in [0.25, 0.3) is 0 Å². The number of nitrogens with one attached hydrogen (secondary N) is 1. The van der Waals surface area contributed by atoms with E-state index >= 15 is 0 Å². The van der Waals surface area contributed by atoms with Gasteiger partial charge in [0.25, 0.3) is 5.91 Å². The van der Waals surface area contributed by atoms with Gasteiger partial charge in [-0.3, -0.25) is 14.7 Å². The van der Waals surface area contributed by atoms with Crippen LogP contribution in [0.2, 0.25) is 0 Å². The summed E-state index contributed by atoms with van der Waals surface area (Å²) in [6, 6.07) is 3.90. The minimum atomic E-state index is -0.196. The maximum atomic E-state index is 12.0. The molecule has 0 radical (unpaired) electrons. The molecule has 2 aliphatic heterocycles. The summed E-state index contributed by atoms with van der Waals surface area (Å²) in [5.41, 5.74) is 3.67. The first kappa shape index (κ1) is 15.4. The van der Waals surface area contributed by atoms with E-state index in [0.29, 0.717) is 18.3 Å². The topological polar surface area (TPSA) is 67.6 Å². The van der Waals surface area contributed by atoms with Gasteiger partial charge in [-0.15, -0.1) is 0 Å². The smallest absolute Gasteiger partial charge is 0.287 e. The van der Waals surface area contributed by atoms with Crippen LogP contribution in [0, 0.1) is 0 Å². The minimum absolute atomic E-state index is 0.196. The molecule has 2 aromatic heterocycles. The van der Waals surface area contributed by atoms with E-state index in [1.807, 2.05) is 12.4 Å². The predicted octanol–water partition coefficient (Wildman–Crippen LogP) is 1.75. The summed E-state index contributed by atoms with van der Waals surface area (Å²) in [5.74, 6) is 0.137. The van der Waals surface area contributed by atoms with Gasteiger partial charge in [-0.25, -0.2) is 0 Å². The zero-order valence-electron chi connectivity index (χ0n) is 13.5. The largest absolute Gasteiger partial charge is 0.459 e. The zero-order chi connectivity index (χ0) is 16.4. The van der Waals surface area contributed by atoms with Crippen LogP contribution < -0.4 is 5.32 Å². The lowest BCUT2D eigenvalue weighted by molar-refractivity contribution is 0.0923. The van der Waals surface area contributed by atoms with E-state index in [0.717, 1.165) is 44.7 Å². The normalized spacial score (nSPS) is 20.8. The summed E-state index contributed by atoms with van der Waals surface area (Å²) < 4.78 is 10.6. The molecule has 1 saturated heterocycles. The van der Waals surface area contributed by atoms with Crippen LogP contribution in [0.15, 0.2) is 35.2 Å². The molecule has 2 aliphatic rings. The molecule has 6 nitrogen and oxygen atoms in total. The molecule has 1 atom stereocenters. The summed E-state index contributed by atoms with van der Waals surface area (Å²) in [6.45, 7) is 4.12. The Hall–Kier alpha value is -2.18. The van der Waals surface area contributed by atoms with Crippen molar-refractivity contribution in [1.82, 2.24) is 15.2 Å². The molecule has 1 fully saturated rings. The van der Waals surface area contributed by atoms with Crippen LogP contribution in [0.1, 0.15) is 33.7 Å². The third-order valence-electron chi connectivity index (χ3n) is 4.86. The number of pyridine rings is 1. The van der Waals surface area contributed by atoms with Crippen LogP contribution >= 0.6 is 0 Å². The van der Waals surface area contributed by atoms with Crippen molar-refractivity contribution in [2.24, 2.45) is 0 Å². The number of furan rings is 1. The van der Waals surface area contributed by atoms with E-state index in [1.54, 1.807) is 12.1 Å². The number of ether oxygens (including phenoxy) is 1. The average molecular weight is 327 g/mol. The lowest BCUT2D eigenvalue weighted by atomic mass is 9.96. The first-order valence-corrected chi connectivity index (χ1v) is 8.39. The van der Waals surface area contributed by atoms with Crippen molar-refractivity contribution in [3.63, 3.8) is 0 Å². The highest BCUT2D eigenvalue weighted by Gasteiger charge is 2.27. The van der Waals surface area contributed by atoms with Gasteiger partial charge < -0.3 is 14.5 Å². The summed E-state index contributed by atoms with van der Waals surface area (Å²) in [6.07, 6.45) is 7.41. The number of amides is 1. The third kappa shape index (κ3) is 3.07. The predicted molar refractivity (Wildman–Crippen MR) is 87.5 cm³/mol. The number of fused-ring (bicyclic) bond motifs is 1. The van der Waals surface area contributed by atoms with Crippen LogP contribution in [0.3, 0.4) is 0 Å². The van der Waals surface area contributed by atoms with E-state index in [-0.39, 0.29) is 5.91 Å². The van der Waals surface area contributed by atoms with Crippen LogP contribution in [0.5, 0.6) is 0 Å². The molecule has 0 aromatic carbocycles. The van der Waals surface area contributed by atoms with Crippen LogP contribution in [0.4, 0.5) is 0 Å². The maximum Gasteiger partial charge on any atom is 0.287 e. The molecule has 4 rings (SSSR count). The maximum absolute atomic E-state index is 12.0. The number of hydrogen-bond donors (Lipinski definition) is 1. The highest BCUT2D eigenvalue weighted by atomic mass is 16.5. The summed E-state index contributed by atoms with van der Waals surface area (Å²) in [4.78, 5) is 18.9. The lowest BCUT2D eigenvalue weighted by Crippen LogP contribution is -2.40. The number of carbonyl (C=O) groups is 1. The van der Waals surface area contributed by atoms with Crippen molar-refractivity contribution >= 4 is 5.91 Å². The molecule has 0 saturated carbocycles. The molecule has 1 amide bonds. The van der Waals surface area contributed by atoms with Gasteiger partial charge in [0.2, 0.25) is 0 Å². The highest BCUT2D eigenvalue weighted by molar-refractivity contribution is 5.91. The second-order valence-corrected chi connectivity index (χ2v) is 6.33. The average Bonchev–Trinajstić information content (AvgIpc) is 3.32. The molecule has 4 heterocycles. The number of rotatable bonds is 4. The molecule has 0 aliphatic carbocycles. The van der Waals surface area contributed by atoms with Crippen LogP contribution in [-0.2, 0) is 24.2 Å². The number of nitrogens with zero attached hydrogens (tertiary/aromatic N) is 2. The summed E-state index contributed by atoms with van der Waals surface area (Å²) in [7, 11) is 0. The molecule has 6 heteroatoms. The Morgan fingerprint density at radius 3 is 3.17 bits per heavy atom. The molecular formula is C18H21N3O3. The van der Waals surface area contributed by atoms with Crippen molar-refractivity contribution in [1.29, 1.82) is 0 Å². The fourth-order valence-corrected chi connectivity index (χ4v) is 3.53. The molecule has 1 N–H and O–H groups in total. The number of carbonyl (C=O) groups excluding carboxylic acids is 1.